The average molecular weight is 226 g/mol. The van der Waals surface area contributed by atoms with Crippen LogP contribution in [-0.4, -0.2) is 22.1 Å². The Bertz CT molecular complexity index is 354. The molecule has 1 N–H and O–H groups in total. The Kier molecular flexibility index (Phi) is 2.90. The van der Waals surface area contributed by atoms with E-state index >= 15 is 0 Å². The number of anilines is 1. The fourth-order valence-electron chi connectivity index (χ4n) is 0.590. The number of carbonyl (C=O) groups excluding carboxylic acids is 1. The predicted octanol–water partition coefficient (Wildman–Crippen LogP) is 1.63. The maximum Gasteiger partial charge on any atom is 0.471 e. The van der Waals surface area contributed by atoms with Gasteiger partial charge in [0.2, 0.25) is 0 Å². The average Bonchev–Trinajstić information content (AvgIpc) is 2.02. The van der Waals surface area contributed by atoms with Crippen molar-refractivity contribution >= 4 is 23.3 Å². The topological polar surface area (TPSA) is 54.9 Å². The summed E-state index contributed by atoms with van der Waals surface area (Å²) in [6, 6.07) is 0. The number of nitrogens with zero attached hydrogens (tertiary/aromatic N) is 2. The van der Waals surface area contributed by atoms with Crippen LogP contribution in [-0.2, 0) is 4.79 Å². The van der Waals surface area contributed by atoms with Crippen molar-refractivity contribution in [2.45, 2.75) is 6.18 Å². The monoisotopic (exact) mass is 225 g/mol. The van der Waals surface area contributed by atoms with Crippen molar-refractivity contribution in [1.29, 1.82) is 0 Å². The second-order valence-corrected chi connectivity index (χ2v) is 2.57. The lowest BCUT2D eigenvalue weighted by Gasteiger charge is -2.06. The van der Waals surface area contributed by atoms with E-state index in [0.717, 1.165) is 12.4 Å². The molecule has 4 nitrogen and oxygen atoms in total. The van der Waals surface area contributed by atoms with Gasteiger partial charge in [-0.2, -0.15) is 13.2 Å². The Labute approximate surface area is 81.1 Å². The van der Waals surface area contributed by atoms with Crippen molar-refractivity contribution in [3.05, 3.63) is 17.5 Å². The lowest BCUT2D eigenvalue weighted by molar-refractivity contribution is -0.167. The van der Waals surface area contributed by atoms with Gasteiger partial charge in [0.15, 0.2) is 5.82 Å². The first-order chi connectivity index (χ1) is 6.39. The molecule has 1 heterocycles. The Hall–Kier alpha value is -1.37. The lowest BCUT2D eigenvalue weighted by Crippen LogP contribution is -2.30. The molecule has 0 aliphatic carbocycles. The number of hydrogen-bond acceptors (Lipinski definition) is 3. The summed E-state index contributed by atoms with van der Waals surface area (Å²) in [5, 5.41) is 1.39. The molecule has 0 bridgehead atoms. The van der Waals surface area contributed by atoms with Crippen LogP contribution in [0.2, 0.25) is 5.15 Å². The van der Waals surface area contributed by atoms with Crippen molar-refractivity contribution in [1.82, 2.24) is 9.97 Å². The molecule has 0 spiro atoms. The second-order valence-electron chi connectivity index (χ2n) is 2.18. The largest absolute Gasteiger partial charge is 0.471 e. The van der Waals surface area contributed by atoms with Crippen molar-refractivity contribution in [2.24, 2.45) is 0 Å². The van der Waals surface area contributed by atoms with E-state index in [2.05, 4.69) is 9.97 Å². The number of amides is 1. The van der Waals surface area contributed by atoms with Crippen LogP contribution in [0.15, 0.2) is 12.4 Å². The molecular formula is C6H3ClF3N3O. The van der Waals surface area contributed by atoms with Crippen LogP contribution in [0, 0.1) is 0 Å². The van der Waals surface area contributed by atoms with Crippen LogP contribution in [0.1, 0.15) is 0 Å². The zero-order valence-electron chi connectivity index (χ0n) is 6.47. The van der Waals surface area contributed by atoms with Crippen LogP contribution in [0.5, 0.6) is 0 Å². The number of halogens is 4. The summed E-state index contributed by atoms with van der Waals surface area (Å²) in [4.78, 5) is 17.2. The highest BCUT2D eigenvalue weighted by Gasteiger charge is 2.38. The van der Waals surface area contributed by atoms with Gasteiger partial charge in [-0.25, -0.2) is 4.98 Å². The van der Waals surface area contributed by atoms with Gasteiger partial charge in [0.25, 0.3) is 0 Å². The Morgan fingerprint density at radius 3 is 2.57 bits per heavy atom. The number of carbonyl (C=O) groups is 1. The molecule has 1 rings (SSSR count). The van der Waals surface area contributed by atoms with Crippen LogP contribution in [0.4, 0.5) is 19.0 Å². The molecule has 0 aliphatic rings. The molecular weight excluding hydrogens is 223 g/mol. The van der Waals surface area contributed by atoms with E-state index in [4.69, 9.17) is 11.6 Å². The molecule has 0 fully saturated rings. The molecule has 0 radical (unpaired) electrons. The molecule has 1 aromatic rings. The van der Waals surface area contributed by atoms with Gasteiger partial charge in [-0.15, -0.1) is 0 Å². The number of alkyl halides is 3. The zero-order valence-corrected chi connectivity index (χ0v) is 7.23. The van der Waals surface area contributed by atoms with E-state index < -0.39 is 12.1 Å². The summed E-state index contributed by atoms with van der Waals surface area (Å²) < 4.78 is 35.2. The Balaban J connectivity index is 2.75. The maximum atomic E-state index is 11.7. The van der Waals surface area contributed by atoms with Crippen molar-refractivity contribution in [3.63, 3.8) is 0 Å². The summed E-state index contributed by atoms with van der Waals surface area (Å²) in [6.45, 7) is 0. The van der Waals surface area contributed by atoms with E-state index in [-0.39, 0.29) is 11.0 Å². The van der Waals surface area contributed by atoms with Gasteiger partial charge in [0, 0.05) is 0 Å². The standard InChI is InChI=1S/C6H3ClF3N3O/c7-3-1-11-2-4(12-3)13-5(14)6(8,9)10/h1-2H,(H,12,13,14). The summed E-state index contributed by atoms with van der Waals surface area (Å²) in [5.41, 5.74) is 0. The first kappa shape index (κ1) is 10.7. The molecule has 0 aromatic carbocycles. The second kappa shape index (κ2) is 3.79. The lowest BCUT2D eigenvalue weighted by atomic mass is 10.5. The van der Waals surface area contributed by atoms with Crippen molar-refractivity contribution in [2.75, 3.05) is 5.32 Å². The highest BCUT2D eigenvalue weighted by molar-refractivity contribution is 6.29. The van der Waals surface area contributed by atoms with Crippen molar-refractivity contribution < 1.29 is 18.0 Å². The molecule has 1 amide bonds. The first-order valence-corrected chi connectivity index (χ1v) is 3.63. The van der Waals surface area contributed by atoms with Gasteiger partial charge in [-0.3, -0.25) is 9.78 Å². The van der Waals surface area contributed by atoms with Crippen LogP contribution in [0.25, 0.3) is 0 Å². The fourth-order valence-corrected chi connectivity index (χ4v) is 0.737. The molecule has 0 atom stereocenters. The number of hydrogen-bond donors (Lipinski definition) is 1. The zero-order chi connectivity index (χ0) is 10.8. The third kappa shape index (κ3) is 2.84. The van der Waals surface area contributed by atoms with Gasteiger partial charge >= 0.3 is 12.1 Å². The molecule has 0 saturated heterocycles. The predicted molar refractivity (Wildman–Crippen MR) is 41.7 cm³/mol. The van der Waals surface area contributed by atoms with Crippen LogP contribution in [0.3, 0.4) is 0 Å². The molecule has 1 aromatic heterocycles. The number of rotatable bonds is 1. The van der Waals surface area contributed by atoms with Gasteiger partial charge in [0.1, 0.15) is 5.15 Å². The fraction of sp³-hybridized carbons (Fsp3) is 0.167. The summed E-state index contributed by atoms with van der Waals surface area (Å²) in [6.07, 6.45) is -2.87. The smallest absolute Gasteiger partial charge is 0.301 e. The highest BCUT2D eigenvalue weighted by Crippen LogP contribution is 2.17. The first-order valence-electron chi connectivity index (χ1n) is 3.25. The third-order valence-electron chi connectivity index (χ3n) is 1.10. The maximum absolute atomic E-state index is 11.7. The molecule has 0 aliphatic heterocycles. The Morgan fingerprint density at radius 1 is 1.43 bits per heavy atom. The summed E-state index contributed by atoms with van der Waals surface area (Å²) in [7, 11) is 0. The summed E-state index contributed by atoms with van der Waals surface area (Å²) >= 11 is 5.34. The van der Waals surface area contributed by atoms with Gasteiger partial charge in [-0.1, -0.05) is 11.6 Å². The Morgan fingerprint density at radius 2 is 2.07 bits per heavy atom. The van der Waals surface area contributed by atoms with E-state index in [1.54, 1.807) is 0 Å². The molecule has 0 unspecified atom stereocenters. The molecule has 8 heteroatoms. The van der Waals surface area contributed by atoms with E-state index in [1.165, 1.54) is 5.32 Å². The minimum absolute atomic E-state index is 0.107. The molecule has 76 valence electrons. The SMILES string of the molecule is O=C(Nc1cncc(Cl)n1)C(F)(F)F. The van der Waals surface area contributed by atoms with E-state index in [0.29, 0.717) is 0 Å². The van der Waals surface area contributed by atoms with Crippen LogP contribution < -0.4 is 5.32 Å². The molecule has 0 saturated carbocycles. The minimum atomic E-state index is -4.95. The number of aromatic nitrogens is 2. The summed E-state index contributed by atoms with van der Waals surface area (Å²) in [5.74, 6) is -2.46. The van der Waals surface area contributed by atoms with Crippen molar-refractivity contribution in [3.8, 4) is 0 Å². The number of nitrogens with one attached hydrogen (secondary N) is 1. The normalized spacial score (nSPS) is 11.1. The quantitative estimate of drug-likeness (QED) is 0.790. The minimum Gasteiger partial charge on any atom is -0.301 e. The van der Waals surface area contributed by atoms with Gasteiger partial charge in [0.05, 0.1) is 12.4 Å². The van der Waals surface area contributed by atoms with Gasteiger partial charge in [-0.05, 0) is 0 Å². The van der Waals surface area contributed by atoms with Gasteiger partial charge < -0.3 is 5.32 Å². The highest BCUT2D eigenvalue weighted by atomic mass is 35.5. The third-order valence-corrected chi connectivity index (χ3v) is 1.29. The molecule has 14 heavy (non-hydrogen) atoms. The van der Waals surface area contributed by atoms with E-state index in [1.807, 2.05) is 0 Å². The van der Waals surface area contributed by atoms with E-state index in [9.17, 15) is 18.0 Å². The van der Waals surface area contributed by atoms with Crippen LogP contribution >= 0.6 is 11.6 Å².